The molecule has 0 aromatic carbocycles. The molecule has 1 fully saturated rings. The summed E-state index contributed by atoms with van der Waals surface area (Å²) in [6.07, 6.45) is 3.87. The molecule has 5 heteroatoms. The van der Waals surface area contributed by atoms with E-state index in [1.807, 2.05) is 0 Å². The first kappa shape index (κ1) is 12.8. The molecule has 0 spiro atoms. The molecule has 0 saturated carbocycles. The van der Waals surface area contributed by atoms with Crippen LogP contribution in [0.4, 0.5) is 0 Å². The minimum atomic E-state index is 0.433. The molecule has 2 N–H and O–H groups in total. The molecular formula is C12H18N2OS2. The molecule has 1 unspecified atom stereocenters. The molecule has 2 heterocycles. The molecule has 0 radical (unpaired) electrons. The van der Waals surface area contributed by atoms with Crippen LogP contribution in [0.5, 0.6) is 0 Å². The molecule has 1 aliphatic rings. The van der Waals surface area contributed by atoms with Crippen molar-refractivity contribution in [2.75, 3.05) is 13.2 Å². The van der Waals surface area contributed by atoms with E-state index in [2.05, 4.69) is 28.1 Å². The van der Waals surface area contributed by atoms with Crippen LogP contribution in [0.2, 0.25) is 0 Å². The van der Waals surface area contributed by atoms with Gasteiger partial charge < -0.3 is 15.4 Å². The molecule has 1 atom stereocenters. The van der Waals surface area contributed by atoms with Crippen molar-refractivity contribution in [3.63, 3.8) is 0 Å². The van der Waals surface area contributed by atoms with Crippen molar-refractivity contribution < 1.29 is 4.74 Å². The Labute approximate surface area is 112 Å². The van der Waals surface area contributed by atoms with Crippen molar-refractivity contribution in [1.29, 1.82) is 0 Å². The third-order valence-electron chi connectivity index (χ3n) is 2.78. The van der Waals surface area contributed by atoms with Crippen molar-refractivity contribution in [3.8, 4) is 0 Å². The summed E-state index contributed by atoms with van der Waals surface area (Å²) in [5.74, 6) is 0. The van der Waals surface area contributed by atoms with Crippen LogP contribution in [-0.2, 0) is 11.3 Å². The van der Waals surface area contributed by atoms with Gasteiger partial charge in [-0.05, 0) is 42.9 Å². The molecule has 1 aliphatic heterocycles. The maximum atomic E-state index is 5.55. The number of hydrogen-bond acceptors (Lipinski definition) is 3. The fraction of sp³-hybridized carbons (Fsp3) is 0.583. The predicted molar refractivity (Wildman–Crippen MR) is 75.4 cm³/mol. The van der Waals surface area contributed by atoms with Gasteiger partial charge in [0.1, 0.15) is 0 Å². The van der Waals surface area contributed by atoms with Crippen molar-refractivity contribution in [2.45, 2.75) is 31.9 Å². The van der Waals surface area contributed by atoms with Gasteiger partial charge in [0.05, 0.1) is 12.6 Å². The lowest BCUT2D eigenvalue weighted by atomic mass is 10.2. The maximum absolute atomic E-state index is 5.55. The van der Waals surface area contributed by atoms with E-state index in [0.29, 0.717) is 6.10 Å². The Morgan fingerprint density at radius 2 is 2.47 bits per heavy atom. The summed E-state index contributed by atoms with van der Waals surface area (Å²) in [4.78, 5) is 1.30. The van der Waals surface area contributed by atoms with E-state index in [-0.39, 0.29) is 0 Å². The van der Waals surface area contributed by atoms with Crippen LogP contribution in [0.25, 0.3) is 0 Å². The molecule has 0 aliphatic carbocycles. The monoisotopic (exact) mass is 270 g/mol. The van der Waals surface area contributed by atoms with Gasteiger partial charge in [0.25, 0.3) is 0 Å². The molecule has 1 saturated heterocycles. The minimum absolute atomic E-state index is 0.433. The van der Waals surface area contributed by atoms with Crippen LogP contribution in [0.3, 0.4) is 0 Å². The van der Waals surface area contributed by atoms with E-state index in [0.717, 1.165) is 31.2 Å². The lowest BCUT2D eigenvalue weighted by Gasteiger charge is -2.12. The molecule has 0 bridgehead atoms. The molecule has 17 heavy (non-hydrogen) atoms. The Balaban J connectivity index is 1.54. The number of ether oxygens (including phenoxy) is 1. The second-order valence-corrected chi connectivity index (χ2v) is 5.55. The summed E-state index contributed by atoms with van der Waals surface area (Å²) in [5, 5.41) is 9.22. The van der Waals surface area contributed by atoms with Gasteiger partial charge in [-0.25, -0.2) is 0 Å². The van der Waals surface area contributed by atoms with Gasteiger partial charge in [-0.1, -0.05) is 6.07 Å². The second-order valence-electron chi connectivity index (χ2n) is 4.11. The number of nitrogens with one attached hydrogen (secondary N) is 2. The second kappa shape index (κ2) is 6.93. The van der Waals surface area contributed by atoms with E-state index >= 15 is 0 Å². The Kier molecular flexibility index (Phi) is 5.22. The number of thiophene rings is 1. The van der Waals surface area contributed by atoms with Crippen LogP contribution in [-0.4, -0.2) is 24.4 Å². The molecule has 94 valence electrons. The fourth-order valence-electron chi connectivity index (χ4n) is 1.86. The van der Waals surface area contributed by atoms with Crippen molar-refractivity contribution >= 4 is 28.7 Å². The Hall–Kier alpha value is -0.650. The van der Waals surface area contributed by atoms with E-state index < -0.39 is 0 Å². The molecular weight excluding hydrogens is 252 g/mol. The van der Waals surface area contributed by atoms with E-state index in [1.165, 1.54) is 17.7 Å². The lowest BCUT2D eigenvalue weighted by molar-refractivity contribution is 0.105. The zero-order valence-electron chi connectivity index (χ0n) is 9.78. The van der Waals surface area contributed by atoms with Crippen LogP contribution in [0.1, 0.15) is 24.1 Å². The highest BCUT2D eigenvalue weighted by molar-refractivity contribution is 7.80. The highest BCUT2D eigenvalue weighted by Crippen LogP contribution is 2.14. The molecule has 1 aromatic rings. The summed E-state index contributed by atoms with van der Waals surface area (Å²) in [6, 6.07) is 4.15. The number of thiocarbonyl (C=S) groups is 1. The van der Waals surface area contributed by atoms with E-state index in [4.69, 9.17) is 17.0 Å². The van der Waals surface area contributed by atoms with E-state index in [9.17, 15) is 0 Å². The first-order valence-electron chi connectivity index (χ1n) is 6.00. The molecule has 1 aromatic heterocycles. The van der Waals surface area contributed by atoms with Crippen LogP contribution in [0, 0.1) is 0 Å². The molecule has 3 nitrogen and oxygen atoms in total. The zero-order chi connectivity index (χ0) is 11.9. The Bertz CT molecular complexity index is 334. The lowest BCUT2D eigenvalue weighted by Crippen LogP contribution is -2.36. The summed E-state index contributed by atoms with van der Waals surface area (Å²) in [7, 11) is 0. The average molecular weight is 270 g/mol. The third kappa shape index (κ3) is 4.61. The highest BCUT2D eigenvalue weighted by Gasteiger charge is 2.14. The SMILES string of the molecule is S=C(NCCC1CCCO1)NCc1cccs1. The summed E-state index contributed by atoms with van der Waals surface area (Å²) in [6.45, 7) is 2.62. The van der Waals surface area contributed by atoms with Crippen LogP contribution in [0.15, 0.2) is 17.5 Å². The first-order valence-corrected chi connectivity index (χ1v) is 7.29. The van der Waals surface area contributed by atoms with E-state index in [1.54, 1.807) is 11.3 Å². The van der Waals surface area contributed by atoms with Crippen LogP contribution < -0.4 is 10.6 Å². The van der Waals surface area contributed by atoms with Crippen LogP contribution >= 0.6 is 23.6 Å². The number of rotatable bonds is 5. The normalized spacial score (nSPS) is 19.2. The van der Waals surface area contributed by atoms with Gasteiger partial charge >= 0.3 is 0 Å². The summed E-state index contributed by atoms with van der Waals surface area (Å²) >= 11 is 6.95. The van der Waals surface area contributed by atoms with Gasteiger partial charge in [-0.3, -0.25) is 0 Å². The van der Waals surface area contributed by atoms with Gasteiger partial charge in [0.15, 0.2) is 5.11 Å². The predicted octanol–water partition coefficient (Wildman–Crippen LogP) is 2.28. The quantitative estimate of drug-likeness (QED) is 0.804. The third-order valence-corrected chi connectivity index (χ3v) is 3.94. The van der Waals surface area contributed by atoms with Gasteiger partial charge in [-0.15, -0.1) is 11.3 Å². The molecule has 0 amide bonds. The van der Waals surface area contributed by atoms with Gasteiger partial charge in [0.2, 0.25) is 0 Å². The van der Waals surface area contributed by atoms with Crippen molar-refractivity contribution in [1.82, 2.24) is 10.6 Å². The zero-order valence-corrected chi connectivity index (χ0v) is 11.4. The summed E-state index contributed by atoms with van der Waals surface area (Å²) < 4.78 is 5.55. The standard InChI is InChI=1S/C12H18N2OS2/c16-12(14-9-11-4-2-8-17-11)13-6-5-10-3-1-7-15-10/h2,4,8,10H,1,3,5-7,9H2,(H2,13,14,16). The average Bonchev–Trinajstić information content (AvgIpc) is 2.99. The van der Waals surface area contributed by atoms with Gasteiger partial charge in [-0.2, -0.15) is 0 Å². The number of hydrogen-bond donors (Lipinski definition) is 2. The smallest absolute Gasteiger partial charge is 0.166 e. The maximum Gasteiger partial charge on any atom is 0.166 e. The highest BCUT2D eigenvalue weighted by atomic mass is 32.1. The van der Waals surface area contributed by atoms with Crippen molar-refractivity contribution in [2.24, 2.45) is 0 Å². The largest absolute Gasteiger partial charge is 0.378 e. The Morgan fingerprint density at radius 1 is 1.53 bits per heavy atom. The van der Waals surface area contributed by atoms with Gasteiger partial charge in [0, 0.05) is 18.0 Å². The minimum Gasteiger partial charge on any atom is -0.378 e. The Morgan fingerprint density at radius 3 is 3.18 bits per heavy atom. The molecule has 2 rings (SSSR count). The van der Waals surface area contributed by atoms with Crippen molar-refractivity contribution in [3.05, 3.63) is 22.4 Å². The summed E-state index contributed by atoms with van der Waals surface area (Å²) in [5.41, 5.74) is 0. The fourth-order valence-corrected chi connectivity index (χ4v) is 2.68. The topological polar surface area (TPSA) is 33.3 Å². The first-order chi connectivity index (χ1) is 8.34.